The predicted molar refractivity (Wildman–Crippen MR) is 46.7 cm³/mol. The van der Waals surface area contributed by atoms with Gasteiger partial charge in [0.25, 0.3) is 0 Å². The van der Waals surface area contributed by atoms with Gasteiger partial charge in [-0.1, -0.05) is 11.6 Å². The zero-order valence-electron chi connectivity index (χ0n) is 6.18. The van der Waals surface area contributed by atoms with Gasteiger partial charge in [-0.05, 0) is 25.7 Å². The molecule has 0 unspecified atom stereocenters. The molecule has 0 bridgehead atoms. The van der Waals surface area contributed by atoms with Crippen molar-refractivity contribution in [2.75, 3.05) is 5.75 Å². The summed E-state index contributed by atoms with van der Waals surface area (Å²) in [7, 11) is 0. The monoisotopic (exact) mass is 142 g/mol. The molecule has 0 N–H and O–H groups in total. The number of allylic oxidation sites excluding steroid dienone is 2. The molecule has 0 aliphatic heterocycles. The first-order valence-electron chi connectivity index (χ1n) is 3.13. The zero-order chi connectivity index (χ0) is 7.11. The molecule has 0 aromatic heterocycles. The van der Waals surface area contributed by atoms with Crippen molar-refractivity contribution in [2.45, 2.75) is 20.3 Å². The molecular weight excluding hydrogens is 128 g/mol. The summed E-state index contributed by atoms with van der Waals surface area (Å²) in [4.78, 5) is 0. The van der Waals surface area contributed by atoms with Crippen LogP contribution in [0.4, 0.5) is 0 Å². The molecule has 0 spiro atoms. The second kappa shape index (κ2) is 5.96. The van der Waals surface area contributed by atoms with E-state index in [0.29, 0.717) is 0 Å². The van der Waals surface area contributed by atoms with Crippen molar-refractivity contribution < 1.29 is 0 Å². The average molecular weight is 142 g/mol. The third-order valence-corrected chi connectivity index (χ3v) is 1.87. The van der Waals surface area contributed by atoms with E-state index >= 15 is 0 Å². The summed E-state index contributed by atoms with van der Waals surface area (Å²) in [6, 6.07) is 0. The SMILES string of the molecule is C=CCCSC=C(C)C. The van der Waals surface area contributed by atoms with Crippen molar-refractivity contribution in [2.24, 2.45) is 0 Å². The summed E-state index contributed by atoms with van der Waals surface area (Å²) in [5.41, 5.74) is 1.38. The van der Waals surface area contributed by atoms with Crippen LogP contribution in [0, 0.1) is 0 Å². The Morgan fingerprint density at radius 3 is 2.67 bits per heavy atom. The van der Waals surface area contributed by atoms with E-state index in [0.717, 1.165) is 12.2 Å². The minimum absolute atomic E-state index is 1.11. The predicted octanol–water partition coefficient (Wildman–Crippen LogP) is 3.22. The molecule has 0 nitrogen and oxygen atoms in total. The van der Waals surface area contributed by atoms with Gasteiger partial charge >= 0.3 is 0 Å². The average Bonchev–Trinajstić information content (AvgIpc) is 1.80. The highest BCUT2D eigenvalue weighted by atomic mass is 32.2. The molecule has 1 heteroatoms. The van der Waals surface area contributed by atoms with Gasteiger partial charge in [0.15, 0.2) is 0 Å². The van der Waals surface area contributed by atoms with Crippen LogP contribution in [0.1, 0.15) is 20.3 Å². The molecule has 52 valence electrons. The van der Waals surface area contributed by atoms with E-state index in [1.807, 2.05) is 17.8 Å². The van der Waals surface area contributed by atoms with E-state index in [1.165, 1.54) is 5.57 Å². The Kier molecular flexibility index (Phi) is 5.85. The van der Waals surface area contributed by atoms with Crippen LogP contribution in [0.5, 0.6) is 0 Å². The number of hydrogen-bond donors (Lipinski definition) is 0. The molecule has 0 amide bonds. The van der Waals surface area contributed by atoms with Crippen molar-refractivity contribution >= 4 is 11.8 Å². The zero-order valence-corrected chi connectivity index (χ0v) is 7.00. The van der Waals surface area contributed by atoms with E-state index in [4.69, 9.17) is 0 Å². The minimum atomic E-state index is 1.11. The molecule has 0 saturated carbocycles. The lowest BCUT2D eigenvalue weighted by molar-refractivity contribution is 1.26. The Morgan fingerprint density at radius 2 is 2.22 bits per heavy atom. The Hall–Kier alpha value is -0.170. The van der Waals surface area contributed by atoms with E-state index in [1.54, 1.807) is 0 Å². The summed E-state index contributed by atoms with van der Waals surface area (Å²) in [6.07, 6.45) is 3.06. The second-order valence-electron chi connectivity index (χ2n) is 2.14. The van der Waals surface area contributed by atoms with Crippen molar-refractivity contribution in [3.63, 3.8) is 0 Å². The van der Waals surface area contributed by atoms with Crippen molar-refractivity contribution in [3.05, 3.63) is 23.6 Å². The highest BCUT2D eigenvalue weighted by Gasteiger charge is 1.79. The van der Waals surface area contributed by atoms with Gasteiger partial charge in [-0.15, -0.1) is 18.3 Å². The molecule has 0 radical (unpaired) electrons. The molecule has 0 saturated heterocycles. The molecule has 9 heavy (non-hydrogen) atoms. The fourth-order valence-electron chi connectivity index (χ4n) is 0.377. The minimum Gasteiger partial charge on any atom is -0.134 e. The topological polar surface area (TPSA) is 0 Å². The van der Waals surface area contributed by atoms with Crippen LogP contribution in [0.2, 0.25) is 0 Å². The number of rotatable bonds is 4. The lowest BCUT2D eigenvalue weighted by atomic mass is 10.4. The quantitative estimate of drug-likeness (QED) is 0.429. The third kappa shape index (κ3) is 7.83. The lowest BCUT2D eigenvalue weighted by Gasteiger charge is -1.90. The second-order valence-corrected chi connectivity index (χ2v) is 3.12. The number of thioether (sulfide) groups is 1. The van der Waals surface area contributed by atoms with Gasteiger partial charge in [-0.25, -0.2) is 0 Å². The van der Waals surface area contributed by atoms with Gasteiger partial charge in [-0.3, -0.25) is 0 Å². The van der Waals surface area contributed by atoms with Crippen LogP contribution >= 0.6 is 11.8 Å². The maximum absolute atomic E-state index is 3.64. The molecule has 0 aromatic rings. The lowest BCUT2D eigenvalue weighted by Crippen LogP contribution is -1.69. The van der Waals surface area contributed by atoms with E-state index in [2.05, 4.69) is 25.8 Å². The highest BCUT2D eigenvalue weighted by molar-refractivity contribution is 8.02. The largest absolute Gasteiger partial charge is 0.134 e. The van der Waals surface area contributed by atoms with Gasteiger partial charge < -0.3 is 0 Å². The molecule has 0 heterocycles. The van der Waals surface area contributed by atoms with Crippen LogP contribution in [-0.4, -0.2) is 5.75 Å². The summed E-state index contributed by atoms with van der Waals surface area (Å²) >= 11 is 1.85. The van der Waals surface area contributed by atoms with E-state index in [9.17, 15) is 0 Å². The van der Waals surface area contributed by atoms with Crippen LogP contribution in [0.15, 0.2) is 23.6 Å². The van der Waals surface area contributed by atoms with E-state index < -0.39 is 0 Å². The molecule has 0 aliphatic carbocycles. The van der Waals surface area contributed by atoms with Gasteiger partial charge in [0.2, 0.25) is 0 Å². The molecule has 0 aliphatic rings. The van der Waals surface area contributed by atoms with Crippen molar-refractivity contribution in [1.82, 2.24) is 0 Å². The van der Waals surface area contributed by atoms with Gasteiger partial charge in [-0.2, -0.15) is 0 Å². The maximum Gasteiger partial charge on any atom is 0.000854 e. The first-order chi connectivity index (χ1) is 4.27. The summed E-state index contributed by atoms with van der Waals surface area (Å²) in [5, 5.41) is 2.18. The Bertz CT molecular complexity index is 99.1. The van der Waals surface area contributed by atoms with Crippen molar-refractivity contribution in [1.29, 1.82) is 0 Å². The normalized spacial score (nSPS) is 8.67. The van der Waals surface area contributed by atoms with E-state index in [-0.39, 0.29) is 0 Å². The summed E-state index contributed by atoms with van der Waals surface area (Å²) in [6.45, 7) is 7.87. The first kappa shape index (κ1) is 8.83. The molecule has 0 fully saturated rings. The third-order valence-electron chi connectivity index (χ3n) is 0.759. The number of hydrogen-bond acceptors (Lipinski definition) is 1. The Labute approximate surface area is 62.0 Å². The standard InChI is InChI=1S/C8H14S/c1-4-5-6-9-7-8(2)3/h4,7H,1,5-6H2,2-3H3. The Balaban J connectivity index is 3.09. The smallest absolute Gasteiger partial charge is 0.000854 e. The fraction of sp³-hybridized carbons (Fsp3) is 0.500. The fourth-order valence-corrected chi connectivity index (χ4v) is 1.13. The molecule has 0 rings (SSSR count). The maximum atomic E-state index is 3.64. The summed E-state index contributed by atoms with van der Waals surface area (Å²) in [5.74, 6) is 1.16. The van der Waals surface area contributed by atoms with Gasteiger partial charge in [0.1, 0.15) is 0 Å². The van der Waals surface area contributed by atoms with Crippen LogP contribution in [0.25, 0.3) is 0 Å². The van der Waals surface area contributed by atoms with Crippen LogP contribution in [-0.2, 0) is 0 Å². The molecular formula is C8H14S. The molecule has 0 aromatic carbocycles. The van der Waals surface area contributed by atoms with Crippen LogP contribution in [0.3, 0.4) is 0 Å². The highest BCUT2D eigenvalue weighted by Crippen LogP contribution is 2.07. The first-order valence-corrected chi connectivity index (χ1v) is 4.18. The Morgan fingerprint density at radius 1 is 1.56 bits per heavy atom. The van der Waals surface area contributed by atoms with Gasteiger partial charge in [0, 0.05) is 5.75 Å². The van der Waals surface area contributed by atoms with Gasteiger partial charge in [0.05, 0.1) is 0 Å². The summed E-state index contributed by atoms with van der Waals surface area (Å²) < 4.78 is 0. The van der Waals surface area contributed by atoms with Crippen LogP contribution < -0.4 is 0 Å². The van der Waals surface area contributed by atoms with Crippen molar-refractivity contribution in [3.8, 4) is 0 Å². The molecule has 0 atom stereocenters.